The van der Waals surface area contributed by atoms with E-state index in [1.54, 1.807) is 11.1 Å². The number of hydrogen-bond donors (Lipinski definition) is 4. The Kier molecular flexibility index (Phi) is 9.91. The summed E-state index contributed by atoms with van der Waals surface area (Å²) in [6, 6.07) is 5.58. The zero-order chi connectivity index (χ0) is 22.6. The van der Waals surface area contributed by atoms with Crippen LogP contribution in [0.5, 0.6) is 0 Å². The topological polar surface area (TPSA) is 169 Å². The van der Waals surface area contributed by atoms with E-state index < -0.39 is 11.9 Å². The lowest BCUT2D eigenvalue weighted by atomic mass is 10.1. The van der Waals surface area contributed by atoms with Crippen molar-refractivity contribution in [2.75, 3.05) is 25.0 Å². The molecule has 1 fully saturated rings. The van der Waals surface area contributed by atoms with Gasteiger partial charge in [-0.1, -0.05) is 0 Å². The number of carbonyl (C=O) groups excluding carboxylic acids is 1. The summed E-state index contributed by atoms with van der Waals surface area (Å²) in [4.78, 5) is 33.0. The van der Waals surface area contributed by atoms with Gasteiger partial charge in [0.15, 0.2) is 0 Å². The van der Waals surface area contributed by atoms with Crippen molar-refractivity contribution in [3.63, 3.8) is 0 Å². The first-order chi connectivity index (χ1) is 14.1. The molecule has 30 heavy (non-hydrogen) atoms. The number of anilines is 1. The number of likely N-dealkylation sites (tertiary alicyclic amines) is 1. The fraction of sp³-hybridized carbons (Fsp3) is 0.474. The van der Waals surface area contributed by atoms with Crippen LogP contribution in [0.25, 0.3) is 0 Å². The van der Waals surface area contributed by atoms with Gasteiger partial charge in [-0.05, 0) is 38.8 Å². The summed E-state index contributed by atoms with van der Waals surface area (Å²) in [6.07, 6.45) is 4.42. The van der Waals surface area contributed by atoms with E-state index >= 15 is 0 Å². The fourth-order valence-electron chi connectivity index (χ4n) is 2.53. The van der Waals surface area contributed by atoms with Crippen molar-refractivity contribution in [3.05, 3.63) is 30.5 Å². The van der Waals surface area contributed by atoms with Gasteiger partial charge >= 0.3 is 11.9 Å². The largest absolute Gasteiger partial charge is 0.478 e. The first-order valence-electron chi connectivity index (χ1n) is 9.24. The van der Waals surface area contributed by atoms with Crippen molar-refractivity contribution >= 4 is 23.7 Å². The number of aliphatic carboxylic acids is 2. The van der Waals surface area contributed by atoms with Gasteiger partial charge in [-0.3, -0.25) is 4.79 Å². The van der Waals surface area contributed by atoms with E-state index in [0.717, 1.165) is 12.8 Å². The molecule has 1 aromatic rings. The number of aromatic nitrogens is 2. The van der Waals surface area contributed by atoms with Gasteiger partial charge in [-0.25, -0.2) is 9.59 Å². The lowest BCUT2D eigenvalue weighted by molar-refractivity contribution is -0.134. The predicted molar refractivity (Wildman–Crippen MR) is 107 cm³/mol. The third kappa shape index (κ3) is 9.61. The summed E-state index contributed by atoms with van der Waals surface area (Å²) >= 11 is 0. The van der Waals surface area contributed by atoms with Gasteiger partial charge in [-0.2, -0.15) is 10.4 Å². The number of carboxylic acids is 2. The van der Waals surface area contributed by atoms with Crippen molar-refractivity contribution in [2.24, 2.45) is 0 Å². The molecule has 11 nitrogen and oxygen atoms in total. The molecule has 1 saturated heterocycles. The second-order valence-electron chi connectivity index (χ2n) is 7.08. The molecular formula is C19H26N6O5. The number of nitrogens with zero attached hydrogens (tertiary/aromatic N) is 4. The third-order valence-electron chi connectivity index (χ3n) is 4.09. The highest BCUT2D eigenvalue weighted by Crippen LogP contribution is 2.16. The van der Waals surface area contributed by atoms with Gasteiger partial charge in [0.25, 0.3) is 0 Å². The van der Waals surface area contributed by atoms with Crippen LogP contribution in [0.2, 0.25) is 0 Å². The standard InChI is InChI=1S/C15H22N6O.C4H4O4/c1-15(2,11-17-13-6-3-7-19-20-13)18-10-14(22)21-8-4-5-12(21)9-16;5-3(6)1-2-4(7)8/h3,6-7,12,18H,4-5,8,10-11H2,1-2H3,(H,17,20);1-2H,(H,5,6)(H,7,8)/b;2-1+. The van der Waals surface area contributed by atoms with Crippen molar-refractivity contribution in [1.29, 1.82) is 5.26 Å². The van der Waals surface area contributed by atoms with Crippen LogP contribution in [-0.2, 0) is 14.4 Å². The lowest BCUT2D eigenvalue weighted by Crippen LogP contribution is -2.50. The molecule has 11 heteroatoms. The number of nitriles is 1. The van der Waals surface area contributed by atoms with Crippen molar-refractivity contribution < 1.29 is 24.6 Å². The molecule has 2 heterocycles. The molecule has 0 saturated carbocycles. The maximum atomic E-state index is 12.2. The molecule has 0 radical (unpaired) electrons. The molecular weight excluding hydrogens is 392 g/mol. The summed E-state index contributed by atoms with van der Waals surface area (Å²) < 4.78 is 0. The molecule has 1 unspecified atom stereocenters. The van der Waals surface area contributed by atoms with E-state index in [2.05, 4.69) is 26.9 Å². The highest BCUT2D eigenvalue weighted by Gasteiger charge is 2.29. The monoisotopic (exact) mass is 418 g/mol. The molecule has 162 valence electrons. The van der Waals surface area contributed by atoms with Crippen LogP contribution < -0.4 is 10.6 Å². The van der Waals surface area contributed by atoms with E-state index in [9.17, 15) is 14.4 Å². The number of carbonyl (C=O) groups is 3. The number of hydrogen-bond acceptors (Lipinski definition) is 8. The van der Waals surface area contributed by atoms with Crippen LogP contribution >= 0.6 is 0 Å². The van der Waals surface area contributed by atoms with Crippen LogP contribution in [0.4, 0.5) is 5.82 Å². The number of carboxylic acid groups (broad SMARTS) is 2. The highest BCUT2D eigenvalue weighted by molar-refractivity contribution is 5.89. The van der Waals surface area contributed by atoms with Crippen LogP contribution in [0, 0.1) is 11.3 Å². The second kappa shape index (κ2) is 12.1. The first-order valence-corrected chi connectivity index (χ1v) is 9.24. The Morgan fingerprint density at radius 2 is 2.00 bits per heavy atom. The van der Waals surface area contributed by atoms with Crippen molar-refractivity contribution in [3.8, 4) is 6.07 Å². The van der Waals surface area contributed by atoms with E-state index in [-0.39, 0.29) is 24.0 Å². The molecule has 0 bridgehead atoms. The molecule has 1 aliphatic rings. The maximum absolute atomic E-state index is 12.2. The Balaban J connectivity index is 0.000000479. The van der Waals surface area contributed by atoms with Crippen LogP contribution in [0.3, 0.4) is 0 Å². The summed E-state index contributed by atoms with van der Waals surface area (Å²) in [5.41, 5.74) is -0.283. The molecule has 0 spiro atoms. The van der Waals surface area contributed by atoms with Gasteiger partial charge in [-0.15, -0.1) is 5.10 Å². The van der Waals surface area contributed by atoms with E-state index in [1.165, 1.54) is 0 Å². The zero-order valence-corrected chi connectivity index (χ0v) is 16.9. The van der Waals surface area contributed by atoms with Gasteiger partial charge in [0.2, 0.25) is 5.91 Å². The zero-order valence-electron chi connectivity index (χ0n) is 16.9. The predicted octanol–water partition coefficient (Wildman–Crippen LogP) is 0.483. The Morgan fingerprint density at radius 1 is 1.33 bits per heavy atom. The van der Waals surface area contributed by atoms with E-state index in [4.69, 9.17) is 15.5 Å². The average molecular weight is 418 g/mol. The van der Waals surface area contributed by atoms with Gasteiger partial charge < -0.3 is 25.7 Å². The summed E-state index contributed by atoms with van der Waals surface area (Å²) in [6.45, 7) is 5.54. The number of nitrogens with one attached hydrogen (secondary N) is 2. The van der Waals surface area contributed by atoms with Crippen LogP contribution in [0.15, 0.2) is 30.5 Å². The quantitative estimate of drug-likeness (QED) is 0.436. The molecule has 0 aromatic carbocycles. The minimum atomic E-state index is -1.26. The van der Waals surface area contributed by atoms with Gasteiger partial charge in [0.05, 0.1) is 12.6 Å². The Bertz CT molecular complexity index is 774. The molecule has 1 amide bonds. The van der Waals surface area contributed by atoms with Crippen LogP contribution in [0.1, 0.15) is 26.7 Å². The van der Waals surface area contributed by atoms with Crippen molar-refractivity contribution in [1.82, 2.24) is 20.4 Å². The number of rotatable bonds is 8. The SMILES string of the molecule is CC(C)(CNc1cccnn1)NCC(=O)N1CCCC1C#N.O=C(O)/C=C/C(=O)O. The van der Waals surface area contributed by atoms with E-state index in [1.807, 2.05) is 26.0 Å². The Morgan fingerprint density at radius 3 is 2.53 bits per heavy atom. The number of amides is 1. The normalized spacial score (nSPS) is 15.8. The highest BCUT2D eigenvalue weighted by atomic mass is 16.4. The molecule has 1 aliphatic heterocycles. The smallest absolute Gasteiger partial charge is 0.328 e. The first kappa shape index (κ1) is 24.5. The van der Waals surface area contributed by atoms with Gasteiger partial charge in [0.1, 0.15) is 11.9 Å². The fourth-order valence-corrected chi connectivity index (χ4v) is 2.53. The second-order valence-corrected chi connectivity index (χ2v) is 7.08. The van der Waals surface area contributed by atoms with Crippen molar-refractivity contribution in [2.45, 2.75) is 38.3 Å². The molecule has 1 atom stereocenters. The minimum absolute atomic E-state index is 0.0170. The Labute approximate surface area is 174 Å². The molecule has 0 aliphatic carbocycles. The van der Waals surface area contributed by atoms with E-state index in [0.29, 0.717) is 31.1 Å². The molecule has 4 N–H and O–H groups in total. The summed E-state index contributed by atoms with van der Waals surface area (Å²) in [7, 11) is 0. The molecule has 2 rings (SSSR count). The molecule has 1 aromatic heterocycles. The Hall–Kier alpha value is -3.52. The summed E-state index contributed by atoms with van der Waals surface area (Å²) in [5, 5.41) is 38.9. The average Bonchev–Trinajstić information content (AvgIpc) is 3.19. The van der Waals surface area contributed by atoms with Crippen LogP contribution in [-0.4, -0.2) is 74.4 Å². The minimum Gasteiger partial charge on any atom is -0.478 e. The third-order valence-corrected chi connectivity index (χ3v) is 4.09. The summed E-state index contributed by atoms with van der Waals surface area (Å²) in [5.74, 6) is -1.83. The van der Waals surface area contributed by atoms with Gasteiger partial charge in [0, 0.05) is 37.0 Å². The lowest BCUT2D eigenvalue weighted by Gasteiger charge is -2.28. The maximum Gasteiger partial charge on any atom is 0.328 e.